The minimum atomic E-state index is -4.86. The summed E-state index contributed by atoms with van der Waals surface area (Å²) < 4.78 is 56.7. The number of morpholine rings is 2. The fraction of sp³-hybridized carbons (Fsp3) is 0.556. The Labute approximate surface area is 180 Å². The molecule has 0 radical (unpaired) electrons. The van der Waals surface area contributed by atoms with Crippen molar-refractivity contribution in [1.29, 1.82) is 0 Å². The van der Waals surface area contributed by atoms with Crippen molar-refractivity contribution in [1.82, 2.24) is 24.9 Å². The molecule has 11 nitrogen and oxygen atoms in total. The minimum absolute atomic E-state index is 0.232. The van der Waals surface area contributed by atoms with Crippen molar-refractivity contribution < 1.29 is 32.2 Å². The lowest BCUT2D eigenvalue weighted by atomic mass is 10.2. The molecule has 0 saturated carbocycles. The molecule has 0 unspecified atom stereocenters. The maximum Gasteiger partial charge on any atom is 0.434 e. The van der Waals surface area contributed by atoms with Crippen molar-refractivity contribution in [3.63, 3.8) is 0 Å². The van der Waals surface area contributed by atoms with E-state index in [4.69, 9.17) is 9.47 Å². The second-order valence-corrected chi connectivity index (χ2v) is 6.96. The highest BCUT2D eigenvalue weighted by Gasteiger charge is 2.38. The Morgan fingerprint density at radius 3 is 1.94 bits per heavy atom. The lowest BCUT2D eigenvalue weighted by Crippen LogP contribution is -2.40. The topological polar surface area (TPSA) is 116 Å². The molecule has 0 aromatic carbocycles. The van der Waals surface area contributed by atoms with E-state index in [1.54, 1.807) is 0 Å². The van der Waals surface area contributed by atoms with E-state index in [0.29, 0.717) is 52.6 Å². The highest BCUT2D eigenvalue weighted by molar-refractivity contribution is 5.68. The summed E-state index contributed by atoms with van der Waals surface area (Å²) in [7, 11) is 0. The molecule has 4 heterocycles. The summed E-state index contributed by atoms with van der Waals surface area (Å²) in [5.41, 5.74) is -1.75. The zero-order chi connectivity index (χ0) is 22.7. The van der Waals surface area contributed by atoms with E-state index in [1.165, 1.54) is 0 Å². The van der Waals surface area contributed by atoms with Crippen LogP contribution in [0, 0.1) is 0 Å². The van der Waals surface area contributed by atoms with E-state index in [-0.39, 0.29) is 17.7 Å². The number of carbonyl (C=O) groups is 1. The molecule has 0 aliphatic carbocycles. The second kappa shape index (κ2) is 9.16. The molecule has 0 amide bonds. The van der Waals surface area contributed by atoms with Crippen LogP contribution >= 0.6 is 0 Å². The first kappa shape index (κ1) is 22.1. The average molecular weight is 455 g/mol. The maximum absolute atomic E-state index is 13.8. The van der Waals surface area contributed by atoms with Gasteiger partial charge in [0.15, 0.2) is 11.5 Å². The first-order valence-corrected chi connectivity index (χ1v) is 9.86. The Hall–Kier alpha value is -3.13. The molecule has 2 aliphatic heterocycles. The number of carbonyl (C=O) groups excluding carboxylic acids is 1. The number of anilines is 2. The van der Waals surface area contributed by atoms with Crippen LogP contribution in [0.4, 0.5) is 25.1 Å². The monoisotopic (exact) mass is 455 g/mol. The van der Waals surface area contributed by atoms with Crippen molar-refractivity contribution in [2.24, 2.45) is 0 Å². The van der Waals surface area contributed by atoms with Gasteiger partial charge in [-0.2, -0.15) is 33.1 Å². The first-order chi connectivity index (χ1) is 15.3. The summed E-state index contributed by atoms with van der Waals surface area (Å²) in [5, 5.41) is 0. The van der Waals surface area contributed by atoms with Crippen LogP contribution in [0.1, 0.15) is 12.6 Å². The van der Waals surface area contributed by atoms with Gasteiger partial charge in [0.2, 0.25) is 11.9 Å². The van der Waals surface area contributed by atoms with Gasteiger partial charge >= 0.3 is 18.2 Å². The fourth-order valence-corrected chi connectivity index (χ4v) is 3.21. The summed E-state index contributed by atoms with van der Waals surface area (Å²) in [6, 6.07) is -0.704. The van der Waals surface area contributed by atoms with Crippen molar-refractivity contribution in [3.8, 4) is 17.4 Å². The number of rotatable bonds is 4. The number of halogens is 3. The smallest absolute Gasteiger partial charge is 0.391 e. The molecule has 2 aromatic rings. The molecular formula is C18H20F3N7O4. The van der Waals surface area contributed by atoms with Gasteiger partial charge in [-0.1, -0.05) is 0 Å². The molecule has 2 aliphatic rings. The van der Waals surface area contributed by atoms with Crippen molar-refractivity contribution in [2.75, 3.05) is 62.4 Å². The van der Waals surface area contributed by atoms with Gasteiger partial charge in [-0.15, -0.1) is 0 Å². The molecule has 0 atom stereocenters. The number of alkyl halides is 3. The van der Waals surface area contributed by atoms with E-state index in [9.17, 15) is 18.0 Å². The summed E-state index contributed by atoms with van der Waals surface area (Å²) in [5.74, 6) is -0.603. The van der Waals surface area contributed by atoms with E-state index >= 15 is 0 Å². The Balaban J connectivity index is 1.81. The van der Waals surface area contributed by atoms with E-state index in [2.05, 4.69) is 29.7 Å². The maximum atomic E-state index is 13.8. The Bertz CT molecular complexity index is 943. The number of hydrogen-bond donors (Lipinski definition) is 0. The summed E-state index contributed by atoms with van der Waals surface area (Å²) in [6.07, 6.45) is -3.96. The van der Waals surface area contributed by atoms with Crippen LogP contribution in [-0.4, -0.2) is 83.5 Å². The second-order valence-electron chi connectivity index (χ2n) is 6.96. The molecular weight excluding hydrogens is 435 g/mol. The normalized spacial score (nSPS) is 17.4. The molecule has 0 N–H and O–H groups in total. The lowest BCUT2D eigenvalue weighted by Gasteiger charge is -2.30. The largest absolute Gasteiger partial charge is 0.434 e. The third-order valence-electron chi connectivity index (χ3n) is 4.71. The van der Waals surface area contributed by atoms with Crippen molar-refractivity contribution in [3.05, 3.63) is 11.9 Å². The van der Waals surface area contributed by atoms with Crippen LogP contribution in [0.2, 0.25) is 0 Å². The summed E-state index contributed by atoms with van der Waals surface area (Å²) >= 11 is 0. The molecule has 0 bridgehead atoms. The third kappa shape index (κ3) is 5.02. The Kier molecular flexibility index (Phi) is 6.32. The zero-order valence-corrected chi connectivity index (χ0v) is 17.1. The van der Waals surface area contributed by atoms with Gasteiger partial charge in [-0.05, 0) is 0 Å². The summed E-state index contributed by atoms with van der Waals surface area (Å²) in [6.45, 7) is 4.77. The molecule has 4 rings (SSSR count). The predicted octanol–water partition coefficient (Wildman–Crippen LogP) is 0.946. The van der Waals surface area contributed by atoms with Crippen LogP contribution < -0.4 is 14.5 Å². The first-order valence-electron chi connectivity index (χ1n) is 9.86. The van der Waals surface area contributed by atoms with Gasteiger partial charge in [0.1, 0.15) is 0 Å². The number of ether oxygens (including phenoxy) is 3. The third-order valence-corrected chi connectivity index (χ3v) is 4.71. The van der Waals surface area contributed by atoms with Crippen LogP contribution in [-0.2, 0) is 20.4 Å². The minimum Gasteiger partial charge on any atom is -0.391 e. The molecule has 2 fully saturated rings. The van der Waals surface area contributed by atoms with Crippen molar-refractivity contribution in [2.45, 2.75) is 13.1 Å². The van der Waals surface area contributed by atoms with Gasteiger partial charge < -0.3 is 24.0 Å². The predicted molar refractivity (Wildman–Crippen MR) is 103 cm³/mol. The number of esters is 1. The number of hydrogen-bond acceptors (Lipinski definition) is 11. The zero-order valence-electron chi connectivity index (χ0n) is 17.1. The molecule has 172 valence electrons. The summed E-state index contributed by atoms with van der Waals surface area (Å²) in [4.78, 5) is 35.0. The lowest BCUT2D eigenvalue weighted by molar-refractivity contribution is -0.142. The Morgan fingerprint density at radius 1 is 0.938 bits per heavy atom. The molecule has 14 heteroatoms. The highest BCUT2D eigenvalue weighted by atomic mass is 19.4. The molecule has 0 spiro atoms. The molecule has 2 aromatic heterocycles. The van der Waals surface area contributed by atoms with Gasteiger partial charge in [-0.3, -0.25) is 4.79 Å². The van der Waals surface area contributed by atoms with Crippen molar-refractivity contribution >= 4 is 17.9 Å². The average Bonchev–Trinajstić information content (AvgIpc) is 2.79. The van der Waals surface area contributed by atoms with Gasteiger partial charge in [0.25, 0.3) is 0 Å². The van der Waals surface area contributed by atoms with Gasteiger partial charge in [-0.25, -0.2) is 4.98 Å². The quantitative estimate of drug-likeness (QED) is 0.614. The standard InChI is InChI=1S/C18H20F3N7O4/c1-11(29)32-17-22-10-12(13(23-17)18(19,20)21)14-24-15(27-2-6-30-7-3-27)26-16(25-14)28-4-8-31-9-5-28/h10H,2-9H2,1H3. The fourth-order valence-electron chi connectivity index (χ4n) is 3.21. The van der Waals surface area contributed by atoms with E-state index < -0.39 is 29.4 Å². The molecule has 2 saturated heterocycles. The van der Waals surface area contributed by atoms with Crippen LogP contribution in [0.15, 0.2) is 6.20 Å². The van der Waals surface area contributed by atoms with E-state index in [0.717, 1.165) is 13.1 Å². The van der Waals surface area contributed by atoms with Crippen LogP contribution in [0.5, 0.6) is 6.01 Å². The van der Waals surface area contributed by atoms with E-state index in [1.807, 2.05) is 9.80 Å². The van der Waals surface area contributed by atoms with Gasteiger partial charge in [0, 0.05) is 39.3 Å². The molecule has 32 heavy (non-hydrogen) atoms. The SMILES string of the molecule is CC(=O)Oc1ncc(-c2nc(N3CCOCC3)nc(N3CCOCC3)n2)c(C(F)(F)F)n1. The highest BCUT2D eigenvalue weighted by Crippen LogP contribution is 2.36. The Morgan fingerprint density at radius 2 is 1.47 bits per heavy atom. The number of nitrogens with zero attached hydrogens (tertiary/aromatic N) is 7. The van der Waals surface area contributed by atoms with Crippen LogP contribution in [0.25, 0.3) is 11.4 Å². The van der Waals surface area contributed by atoms with Gasteiger partial charge in [0.05, 0.1) is 32.0 Å². The van der Waals surface area contributed by atoms with Crippen LogP contribution in [0.3, 0.4) is 0 Å². The number of aromatic nitrogens is 5.